The van der Waals surface area contributed by atoms with Gasteiger partial charge in [0.15, 0.2) is 0 Å². The van der Waals surface area contributed by atoms with Crippen molar-refractivity contribution >= 4 is 17.1 Å². The van der Waals surface area contributed by atoms with Crippen LogP contribution in [0.15, 0.2) is 0 Å². The average Bonchev–Trinajstić information content (AvgIpc) is 2.02. The van der Waals surface area contributed by atoms with Crippen molar-refractivity contribution in [2.45, 2.75) is 26.2 Å². The van der Waals surface area contributed by atoms with Gasteiger partial charge in [-0.2, -0.15) is 0 Å². The predicted octanol–water partition coefficient (Wildman–Crippen LogP) is 1.63. The van der Waals surface area contributed by atoms with E-state index in [-0.39, 0.29) is 0 Å². The lowest BCUT2D eigenvalue weighted by Crippen LogP contribution is -2.41. The summed E-state index contributed by atoms with van der Waals surface area (Å²) in [5.74, 6) is 0. The van der Waals surface area contributed by atoms with Gasteiger partial charge < -0.3 is 8.85 Å². The summed E-state index contributed by atoms with van der Waals surface area (Å²) in [4.78, 5) is 0. The van der Waals surface area contributed by atoms with E-state index in [4.69, 9.17) is 18.0 Å². The topological polar surface area (TPSA) is 36.9 Å². The van der Waals surface area contributed by atoms with Crippen LogP contribution in [0.5, 0.6) is 0 Å². The third-order valence-corrected chi connectivity index (χ3v) is 4.53. The Balaban J connectivity index is 3.82. The molecule has 0 radical (unpaired) electrons. The van der Waals surface area contributed by atoms with Crippen molar-refractivity contribution in [3.8, 4) is 0 Å². The van der Waals surface area contributed by atoms with E-state index in [2.05, 4.69) is 0 Å². The summed E-state index contributed by atoms with van der Waals surface area (Å²) < 4.78 is 20.6. The van der Waals surface area contributed by atoms with Gasteiger partial charge in [0.2, 0.25) is 0 Å². The Bertz CT molecular complexity index is 122. The molecule has 6 heteroatoms. The molecule has 0 heterocycles. The molecule has 74 valence electrons. The van der Waals surface area contributed by atoms with Gasteiger partial charge in [0.1, 0.15) is 0 Å². The van der Waals surface area contributed by atoms with Crippen molar-refractivity contribution in [1.82, 2.24) is 0 Å². The second-order valence-corrected chi connectivity index (χ2v) is 10.1. The van der Waals surface area contributed by atoms with Gasteiger partial charge >= 0.3 is 17.1 Å². The third kappa shape index (κ3) is 5.01. The summed E-state index contributed by atoms with van der Waals surface area (Å²) >= 11 is 0. The Hall–Kier alpha value is 0.274. The molecule has 0 unspecified atom stereocenters. The Labute approximate surface area is 76.2 Å². The minimum absolute atomic E-state index is 1.62. The zero-order valence-electron chi connectivity index (χ0n) is 8.63. The Kier molecular flexibility index (Phi) is 4.60. The fraction of sp³-hybridized carbons (Fsp3) is 1.00. The van der Waals surface area contributed by atoms with Crippen LogP contribution in [0.25, 0.3) is 0 Å². The predicted molar refractivity (Wildman–Crippen MR) is 51.2 cm³/mol. The van der Waals surface area contributed by atoms with Crippen molar-refractivity contribution in [3.63, 3.8) is 0 Å². The molecule has 0 aromatic carbocycles. The normalized spacial score (nSPS) is 13.5. The molecule has 12 heavy (non-hydrogen) atoms. The largest absolute Gasteiger partial charge is 0.396 e. The summed E-state index contributed by atoms with van der Waals surface area (Å²) in [6.07, 6.45) is 0. The molecule has 0 aliphatic heterocycles. The molecule has 0 bridgehead atoms. The van der Waals surface area contributed by atoms with Crippen LogP contribution in [0, 0.1) is 0 Å². The number of hydrogen-bond acceptors (Lipinski definition) is 4. The van der Waals surface area contributed by atoms with Crippen LogP contribution in [0.1, 0.15) is 0 Å². The third-order valence-electron chi connectivity index (χ3n) is 1.43. The van der Waals surface area contributed by atoms with Crippen LogP contribution in [-0.4, -0.2) is 31.3 Å². The zero-order chi connectivity index (χ0) is 9.83. The monoisotopic (exact) mass is 210 g/mol. The van der Waals surface area contributed by atoms with Crippen LogP contribution in [-0.2, 0) is 18.0 Å². The SMILES string of the molecule is CO[Si](C)(C)OO[Si](C)(C)OC. The van der Waals surface area contributed by atoms with Gasteiger partial charge in [-0.1, -0.05) is 0 Å². The lowest BCUT2D eigenvalue weighted by atomic mass is 11.8. The molecule has 0 aromatic heterocycles. The Morgan fingerprint density at radius 2 is 0.917 bits per heavy atom. The molecule has 0 aliphatic carbocycles. The van der Waals surface area contributed by atoms with E-state index in [1.165, 1.54) is 0 Å². The molecular formula is C6H18O4Si2. The van der Waals surface area contributed by atoms with E-state index in [1.54, 1.807) is 14.2 Å². The van der Waals surface area contributed by atoms with Crippen molar-refractivity contribution in [3.05, 3.63) is 0 Å². The van der Waals surface area contributed by atoms with Gasteiger partial charge in [-0.15, -0.1) is 0 Å². The first kappa shape index (κ1) is 12.3. The molecule has 0 aliphatic rings. The summed E-state index contributed by atoms with van der Waals surface area (Å²) in [5.41, 5.74) is 0. The van der Waals surface area contributed by atoms with Crippen molar-refractivity contribution in [1.29, 1.82) is 0 Å². The summed E-state index contributed by atoms with van der Waals surface area (Å²) in [5, 5.41) is 0. The smallest absolute Gasteiger partial charge is 0.367 e. The maximum Gasteiger partial charge on any atom is 0.367 e. The first-order valence-corrected chi connectivity index (χ1v) is 9.43. The number of hydrogen-bond donors (Lipinski definition) is 0. The molecule has 0 saturated carbocycles. The fourth-order valence-electron chi connectivity index (χ4n) is 0.269. The second kappa shape index (κ2) is 4.49. The van der Waals surface area contributed by atoms with Crippen LogP contribution in [0.3, 0.4) is 0 Å². The van der Waals surface area contributed by atoms with Crippen LogP contribution in [0.4, 0.5) is 0 Å². The molecular weight excluding hydrogens is 192 g/mol. The molecule has 0 N–H and O–H groups in total. The van der Waals surface area contributed by atoms with Gasteiger partial charge in [-0.3, -0.25) is 9.15 Å². The minimum atomic E-state index is -2.07. The average molecular weight is 210 g/mol. The van der Waals surface area contributed by atoms with E-state index in [9.17, 15) is 0 Å². The molecule has 0 fully saturated rings. The highest BCUT2D eigenvalue weighted by atomic mass is 28.4. The summed E-state index contributed by atoms with van der Waals surface area (Å²) in [7, 11) is -0.898. The highest BCUT2D eigenvalue weighted by Crippen LogP contribution is 2.11. The maximum atomic E-state index is 5.19. The number of rotatable bonds is 5. The lowest BCUT2D eigenvalue weighted by molar-refractivity contribution is -0.158. The zero-order valence-corrected chi connectivity index (χ0v) is 10.6. The van der Waals surface area contributed by atoms with Crippen LogP contribution < -0.4 is 0 Å². The molecule has 0 saturated heterocycles. The maximum absolute atomic E-state index is 5.19. The van der Waals surface area contributed by atoms with Crippen molar-refractivity contribution < 1.29 is 18.0 Å². The quantitative estimate of drug-likeness (QED) is 0.393. The van der Waals surface area contributed by atoms with Gasteiger partial charge in [0.05, 0.1) is 0 Å². The Morgan fingerprint density at radius 1 is 0.667 bits per heavy atom. The van der Waals surface area contributed by atoms with E-state index >= 15 is 0 Å². The van der Waals surface area contributed by atoms with E-state index in [0.29, 0.717) is 0 Å². The highest BCUT2D eigenvalue weighted by Gasteiger charge is 2.31. The molecule has 0 amide bonds. The lowest BCUT2D eigenvalue weighted by Gasteiger charge is -2.25. The molecule has 4 nitrogen and oxygen atoms in total. The van der Waals surface area contributed by atoms with Gasteiger partial charge in [0, 0.05) is 14.2 Å². The van der Waals surface area contributed by atoms with Crippen molar-refractivity contribution in [2.75, 3.05) is 14.2 Å². The van der Waals surface area contributed by atoms with Gasteiger partial charge in [-0.25, -0.2) is 0 Å². The first-order chi connectivity index (χ1) is 5.33. The van der Waals surface area contributed by atoms with Gasteiger partial charge in [-0.05, 0) is 26.2 Å². The van der Waals surface area contributed by atoms with Gasteiger partial charge in [0.25, 0.3) is 0 Å². The first-order valence-electron chi connectivity index (χ1n) is 3.80. The van der Waals surface area contributed by atoms with Crippen LogP contribution in [0.2, 0.25) is 26.2 Å². The van der Waals surface area contributed by atoms with E-state index in [1.807, 2.05) is 26.2 Å². The Morgan fingerprint density at radius 3 is 1.08 bits per heavy atom. The molecule has 0 aromatic rings. The molecule has 0 rings (SSSR count). The highest BCUT2D eigenvalue weighted by molar-refractivity contribution is 6.67. The molecule has 0 atom stereocenters. The van der Waals surface area contributed by atoms with Crippen molar-refractivity contribution in [2.24, 2.45) is 0 Å². The molecule has 0 spiro atoms. The summed E-state index contributed by atoms with van der Waals surface area (Å²) in [6.45, 7) is 7.64. The fourth-order valence-corrected chi connectivity index (χ4v) is 2.01. The standard InChI is InChI=1S/C6H18O4Si2/c1-7-11(3,4)9-10-12(5,6)8-2/h1-6H3. The van der Waals surface area contributed by atoms with E-state index < -0.39 is 17.1 Å². The summed E-state index contributed by atoms with van der Waals surface area (Å²) in [6, 6.07) is 0. The minimum Gasteiger partial charge on any atom is -0.396 e. The second-order valence-electron chi connectivity index (χ2n) is 3.37. The van der Waals surface area contributed by atoms with Crippen LogP contribution >= 0.6 is 0 Å². The van der Waals surface area contributed by atoms with E-state index in [0.717, 1.165) is 0 Å².